The summed E-state index contributed by atoms with van der Waals surface area (Å²) in [5.74, 6) is 1.35. The van der Waals surface area contributed by atoms with E-state index in [1.165, 1.54) is 0 Å². The van der Waals surface area contributed by atoms with E-state index < -0.39 is 0 Å². The third-order valence-electron chi connectivity index (χ3n) is 4.11. The van der Waals surface area contributed by atoms with Crippen LogP contribution in [0.15, 0.2) is 18.2 Å². The van der Waals surface area contributed by atoms with Crippen LogP contribution in [0.2, 0.25) is 5.02 Å². The maximum absolute atomic E-state index is 6.05. The normalized spacial score (nSPS) is 28.2. The molecule has 1 aliphatic rings. The van der Waals surface area contributed by atoms with Gasteiger partial charge in [0.05, 0.1) is 12.1 Å². The Morgan fingerprint density at radius 3 is 2.79 bits per heavy atom. The van der Waals surface area contributed by atoms with Crippen LogP contribution in [-0.2, 0) is 0 Å². The highest BCUT2D eigenvalue weighted by atomic mass is 35.5. The smallest absolute Gasteiger partial charge is 0.139 e. The van der Waals surface area contributed by atoms with Gasteiger partial charge in [0.15, 0.2) is 0 Å². The molecule has 4 heteroatoms. The van der Waals surface area contributed by atoms with Crippen molar-refractivity contribution in [2.45, 2.75) is 32.4 Å². The van der Waals surface area contributed by atoms with Crippen molar-refractivity contribution >= 4 is 17.3 Å². The monoisotopic (exact) mass is 282 g/mol. The fourth-order valence-electron chi connectivity index (χ4n) is 2.71. The average Bonchev–Trinajstić information content (AvgIpc) is 2.38. The minimum absolute atomic E-state index is 0.497. The lowest BCUT2D eigenvalue weighted by Gasteiger charge is -2.40. The first-order valence-corrected chi connectivity index (χ1v) is 7.19. The predicted molar refractivity (Wildman–Crippen MR) is 81.3 cm³/mol. The predicted octanol–water partition coefficient (Wildman–Crippen LogP) is 3.49. The first-order chi connectivity index (χ1) is 9.01. The van der Waals surface area contributed by atoms with Crippen LogP contribution >= 0.6 is 11.6 Å². The lowest BCUT2D eigenvalue weighted by atomic mass is 9.89. The number of nitrogens with one attached hydrogen (secondary N) is 1. The van der Waals surface area contributed by atoms with Gasteiger partial charge < -0.3 is 15.0 Å². The summed E-state index contributed by atoms with van der Waals surface area (Å²) in [6.45, 7) is 5.71. The van der Waals surface area contributed by atoms with Crippen molar-refractivity contribution in [3.63, 3.8) is 0 Å². The van der Waals surface area contributed by atoms with Gasteiger partial charge in [0.2, 0.25) is 0 Å². The number of ether oxygens (including phenoxy) is 1. The van der Waals surface area contributed by atoms with Crippen molar-refractivity contribution in [1.29, 1.82) is 0 Å². The molecule has 0 spiro atoms. The largest absolute Gasteiger partial charge is 0.495 e. The molecule has 1 heterocycles. The van der Waals surface area contributed by atoms with Crippen molar-refractivity contribution in [2.75, 3.05) is 26.0 Å². The second-order valence-corrected chi connectivity index (χ2v) is 6.01. The molecular formula is C15H23ClN2O. The van der Waals surface area contributed by atoms with E-state index in [4.69, 9.17) is 16.3 Å². The van der Waals surface area contributed by atoms with Crippen LogP contribution in [0.4, 0.5) is 5.69 Å². The summed E-state index contributed by atoms with van der Waals surface area (Å²) in [5, 5.41) is 4.27. The highest BCUT2D eigenvalue weighted by Gasteiger charge is 2.28. The van der Waals surface area contributed by atoms with E-state index in [1.807, 2.05) is 18.2 Å². The van der Waals surface area contributed by atoms with E-state index in [-0.39, 0.29) is 0 Å². The Hall–Kier alpha value is -0.930. The van der Waals surface area contributed by atoms with E-state index in [9.17, 15) is 0 Å². The summed E-state index contributed by atoms with van der Waals surface area (Å²) in [5.41, 5.74) is 1.08. The van der Waals surface area contributed by atoms with Gasteiger partial charge in [0.1, 0.15) is 5.75 Å². The standard InChI is InChI=1S/C15H23ClN2O/c1-10-9-18(3)11(2)7-14(10)17-12-5-6-13(16)15(8-12)19-4/h5-6,8,10-11,14,17H,7,9H2,1-4H3. The van der Waals surface area contributed by atoms with Crippen molar-refractivity contribution in [3.05, 3.63) is 23.2 Å². The van der Waals surface area contributed by atoms with Gasteiger partial charge in [-0.2, -0.15) is 0 Å². The Kier molecular flexibility index (Phi) is 4.58. The zero-order valence-corrected chi connectivity index (χ0v) is 12.9. The van der Waals surface area contributed by atoms with Crippen molar-refractivity contribution in [1.82, 2.24) is 4.90 Å². The lowest BCUT2D eigenvalue weighted by molar-refractivity contribution is 0.145. The van der Waals surface area contributed by atoms with E-state index in [0.717, 1.165) is 24.4 Å². The number of likely N-dealkylation sites (tertiary alicyclic amines) is 1. The molecule has 1 aliphatic heterocycles. The van der Waals surface area contributed by atoms with Gasteiger partial charge in [-0.3, -0.25) is 0 Å². The summed E-state index contributed by atoms with van der Waals surface area (Å²) in [6, 6.07) is 6.98. The molecule has 3 unspecified atom stereocenters. The minimum Gasteiger partial charge on any atom is -0.495 e. The number of hydrogen-bond donors (Lipinski definition) is 1. The maximum Gasteiger partial charge on any atom is 0.139 e. The van der Waals surface area contributed by atoms with Gasteiger partial charge in [0.25, 0.3) is 0 Å². The number of halogens is 1. The van der Waals surface area contributed by atoms with Crippen LogP contribution in [0.5, 0.6) is 5.75 Å². The van der Waals surface area contributed by atoms with Gasteiger partial charge in [-0.25, -0.2) is 0 Å². The van der Waals surface area contributed by atoms with Gasteiger partial charge in [-0.1, -0.05) is 18.5 Å². The van der Waals surface area contributed by atoms with Crippen LogP contribution in [0, 0.1) is 5.92 Å². The zero-order valence-electron chi connectivity index (χ0n) is 12.1. The van der Waals surface area contributed by atoms with Gasteiger partial charge in [0, 0.05) is 30.4 Å². The molecule has 1 saturated heterocycles. The Balaban J connectivity index is 2.08. The average molecular weight is 283 g/mol. The lowest BCUT2D eigenvalue weighted by Crippen LogP contribution is -2.48. The van der Waals surface area contributed by atoms with Crippen molar-refractivity contribution in [2.24, 2.45) is 5.92 Å². The van der Waals surface area contributed by atoms with E-state index in [0.29, 0.717) is 23.0 Å². The second kappa shape index (κ2) is 6.02. The third-order valence-corrected chi connectivity index (χ3v) is 4.43. The zero-order chi connectivity index (χ0) is 14.0. The van der Waals surface area contributed by atoms with Crippen LogP contribution < -0.4 is 10.1 Å². The molecule has 19 heavy (non-hydrogen) atoms. The van der Waals surface area contributed by atoms with Gasteiger partial charge in [-0.05, 0) is 38.4 Å². The van der Waals surface area contributed by atoms with E-state index in [2.05, 4.69) is 31.1 Å². The van der Waals surface area contributed by atoms with Crippen molar-refractivity contribution < 1.29 is 4.74 Å². The molecule has 0 aromatic heterocycles. The molecular weight excluding hydrogens is 260 g/mol. The molecule has 0 amide bonds. The quantitative estimate of drug-likeness (QED) is 0.918. The molecule has 0 aliphatic carbocycles. The number of rotatable bonds is 3. The van der Waals surface area contributed by atoms with Gasteiger partial charge in [-0.15, -0.1) is 0 Å². The number of nitrogens with zero attached hydrogens (tertiary/aromatic N) is 1. The molecule has 2 rings (SSSR count). The first-order valence-electron chi connectivity index (χ1n) is 6.81. The molecule has 1 fully saturated rings. The summed E-state index contributed by atoms with van der Waals surface area (Å²) < 4.78 is 5.26. The first kappa shape index (κ1) is 14.5. The molecule has 1 aromatic rings. The SMILES string of the molecule is COc1cc(NC2CC(C)N(C)CC2C)ccc1Cl. The number of anilines is 1. The third kappa shape index (κ3) is 3.34. The number of methoxy groups -OCH3 is 1. The fourth-order valence-corrected chi connectivity index (χ4v) is 2.90. The molecule has 1 aromatic carbocycles. The Bertz CT molecular complexity index is 438. The van der Waals surface area contributed by atoms with E-state index in [1.54, 1.807) is 7.11 Å². The summed E-state index contributed by atoms with van der Waals surface area (Å²) in [6.07, 6.45) is 1.16. The van der Waals surface area contributed by atoms with Crippen LogP contribution in [0.25, 0.3) is 0 Å². The topological polar surface area (TPSA) is 24.5 Å². The van der Waals surface area contributed by atoms with Gasteiger partial charge >= 0.3 is 0 Å². The Morgan fingerprint density at radius 2 is 2.11 bits per heavy atom. The maximum atomic E-state index is 6.05. The Labute approximate surface area is 120 Å². The van der Waals surface area contributed by atoms with Crippen LogP contribution in [0.3, 0.4) is 0 Å². The van der Waals surface area contributed by atoms with Crippen LogP contribution in [-0.4, -0.2) is 37.7 Å². The number of hydrogen-bond acceptors (Lipinski definition) is 3. The number of benzene rings is 1. The van der Waals surface area contributed by atoms with Crippen LogP contribution in [0.1, 0.15) is 20.3 Å². The summed E-state index contributed by atoms with van der Waals surface area (Å²) in [4.78, 5) is 2.42. The van der Waals surface area contributed by atoms with E-state index >= 15 is 0 Å². The molecule has 3 atom stereocenters. The van der Waals surface area contributed by atoms with Crippen molar-refractivity contribution in [3.8, 4) is 5.75 Å². The summed E-state index contributed by atoms with van der Waals surface area (Å²) in [7, 11) is 3.84. The molecule has 0 saturated carbocycles. The molecule has 0 bridgehead atoms. The Morgan fingerprint density at radius 1 is 1.37 bits per heavy atom. The molecule has 1 N–H and O–H groups in total. The number of piperidine rings is 1. The minimum atomic E-state index is 0.497. The molecule has 3 nitrogen and oxygen atoms in total. The fraction of sp³-hybridized carbons (Fsp3) is 0.600. The molecule has 0 radical (unpaired) electrons. The highest BCUT2D eigenvalue weighted by molar-refractivity contribution is 6.32. The molecule has 106 valence electrons. The summed E-state index contributed by atoms with van der Waals surface area (Å²) >= 11 is 6.05. The highest BCUT2D eigenvalue weighted by Crippen LogP contribution is 2.30. The second-order valence-electron chi connectivity index (χ2n) is 5.60.